The third kappa shape index (κ3) is 6.13. The molecule has 4 N–H and O–H groups in total. The van der Waals surface area contributed by atoms with Crippen LogP contribution < -0.4 is 26.2 Å². The Morgan fingerprint density at radius 2 is 1.71 bits per heavy atom. The zero-order valence-corrected chi connectivity index (χ0v) is 23.4. The predicted octanol–water partition coefficient (Wildman–Crippen LogP) is 4.01. The summed E-state index contributed by atoms with van der Waals surface area (Å²) in [7, 11) is 2.18. The van der Waals surface area contributed by atoms with Gasteiger partial charge in [-0.3, -0.25) is 10.2 Å². The Morgan fingerprint density at radius 1 is 1.06 bits per heavy atom. The Labute approximate surface area is 219 Å². The summed E-state index contributed by atoms with van der Waals surface area (Å²) in [6.07, 6.45) is 3.70. The summed E-state index contributed by atoms with van der Waals surface area (Å²) in [5.41, 5.74) is 2.00. The molecule has 0 saturated carbocycles. The van der Waals surface area contributed by atoms with E-state index in [-0.39, 0.29) is 35.8 Å². The molecule has 7 nitrogen and oxygen atoms in total. The summed E-state index contributed by atoms with van der Waals surface area (Å²) in [6, 6.07) is 6.24. The number of nitrogens with one attached hydrogen (secondary N) is 4. The van der Waals surface area contributed by atoms with E-state index in [1.54, 1.807) is 11.9 Å². The van der Waals surface area contributed by atoms with Gasteiger partial charge in [0.05, 0.1) is 17.3 Å². The van der Waals surface area contributed by atoms with Gasteiger partial charge in [0.1, 0.15) is 5.82 Å². The number of likely N-dealkylation sites (tertiary alicyclic amines) is 1. The van der Waals surface area contributed by atoms with Gasteiger partial charge in [0.2, 0.25) is 0 Å². The van der Waals surface area contributed by atoms with E-state index in [1.165, 1.54) is 0 Å². The Kier molecular flexibility index (Phi) is 8.03. The van der Waals surface area contributed by atoms with E-state index in [9.17, 15) is 4.39 Å². The molecule has 1 aromatic rings. The van der Waals surface area contributed by atoms with Crippen molar-refractivity contribution < 1.29 is 4.39 Å². The van der Waals surface area contributed by atoms with E-state index in [1.807, 2.05) is 12.1 Å². The highest BCUT2D eigenvalue weighted by molar-refractivity contribution is 7.96. The normalized spacial score (nSPS) is 25.9. The standard InChI is InChI=1S/C25H41ClFN7S/c1-24(2)14-18(15-25(3,4)32(24)5)29-22-20(27)16-28-23(31-22)30-17-7-8-21(19(26)13-17)33-9-11-34(35-6)12-10-33/h7-8,13,18,23,28-31H,9-12,14-16H2,1-6H3. The smallest absolute Gasteiger partial charge is 0.154 e. The minimum absolute atomic E-state index is 0.0293. The Hall–Kier alpha value is -1.39. The quantitative estimate of drug-likeness (QED) is 0.416. The van der Waals surface area contributed by atoms with Crippen LogP contribution in [0.25, 0.3) is 0 Å². The molecule has 1 unspecified atom stereocenters. The number of anilines is 2. The highest BCUT2D eigenvalue weighted by Gasteiger charge is 2.43. The van der Waals surface area contributed by atoms with Crippen molar-refractivity contribution in [2.45, 2.75) is 63.9 Å². The van der Waals surface area contributed by atoms with E-state index in [2.05, 4.69) is 82.4 Å². The monoisotopic (exact) mass is 525 g/mol. The third-order valence-electron chi connectivity index (χ3n) is 7.77. The molecule has 1 aromatic carbocycles. The maximum atomic E-state index is 14.8. The van der Waals surface area contributed by atoms with Gasteiger partial charge in [-0.15, -0.1) is 0 Å². The number of piperazine rings is 1. The van der Waals surface area contributed by atoms with Gasteiger partial charge in [-0.05, 0) is 72.0 Å². The second-order valence-corrected chi connectivity index (χ2v) is 12.4. The molecule has 2 fully saturated rings. The maximum Gasteiger partial charge on any atom is 0.154 e. The van der Waals surface area contributed by atoms with E-state index in [0.29, 0.717) is 5.82 Å². The number of piperidine rings is 1. The average molecular weight is 526 g/mol. The van der Waals surface area contributed by atoms with Crippen molar-refractivity contribution >= 4 is 34.9 Å². The molecule has 10 heteroatoms. The lowest BCUT2D eigenvalue weighted by Crippen LogP contribution is -2.63. The fourth-order valence-corrected chi connectivity index (χ4v) is 6.40. The molecule has 2 saturated heterocycles. The van der Waals surface area contributed by atoms with E-state index in [0.717, 1.165) is 55.4 Å². The van der Waals surface area contributed by atoms with Crippen LogP contribution in [0.1, 0.15) is 40.5 Å². The Bertz CT molecular complexity index is 914. The van der Waals surface area contributed by atoms with Crippen molar-refractivity contribution in [3.63, 3.8) is 0 Å². The van der Waals surface area contributed by atoms with E-state index in [4.69, 9.17) is 11.6 Å². The van der Waals surface area contributed by atoms with E-state index >= 15 is 0 Å². The van der Waals surface area contributed by atoms with Gasteiger partial charge in [-0.25, -0.2) is 8.70 Å². The molecular weight excluding hydrogens is 485 g/mol. The fraction of sp³-hybridized carbons (Fsp3) is 0.680. The molecule has 0 radical (unpaired) electrons. The topological polar surface area (TPSA) is 57.8 Å². The van der Waals surface area contributed by atoms with Gasteiger partial charge in [-0.2, -0.15) is 0 Å². The highest BCUT2D eigenvalue weighted by atomic mass is 35.5. The van der Waals surface area contributed by atoms with Crippen LogP contribution in [0.4, 0.5) is 15.8 Å². The lowest BCUT2D eigenvalue weighted by atomic mass is 9.77. The van der Waals surface area contributed by atoms with Gasteiger partial charge < -0.3 is 20.9 Å². The van der Waals surface area contributed by atoms with Crippen molar-refractivity contribution in [2.24, 2.45) is 0 Å². The molecule has 0 bridgehead atoms. The summed E-state index contributed by atoms with van der Waals surface area (Å²) in [4.78, 5) is 4.76. The number of benzene rings is 1. The molecule has 4 rings (SSSR count). The van der Waals surface area contributed by atoms with Crippen LogP contribution in [0.5, 0.6) is 0 Å². The molecule has 196 valence electrons. The van der Waals surface area contributed by atoms with E-state index < -0.39 is 0 Å². The summed E-state index contributed by atoms with van der Waals surface area (Å²) >= 11 is 8.46. The van der Waals surface area contributed by atoms with Crippen molar-refractivity contribution in [1.29, 1.82) is 0 Å². The molecule has 0 spiro atoms. The van der Waals surface area contributed by atoms with Crippen LogP contribution >= 0.6 is 23.5 Å². The van der Waals surface area contributed by atoms with Crippen molar-refractivity contribution in [1.82, 2.24) is 25.2 Å². The highest BCUT2D eigenvalue weighted by Crippen LogP contribution is 2.37. The average Bonchev–Trinajstić information content (AvgIpc) is 2.79. The van der Waals surface area contributed by atoms with Crippen LogP contribution in [0.2, 0.25) is 5.02 Å². The second kappa shape index (κ2) is 10.5. The molecule has 3 aliphatic rings. The van der Waals surface area contributed by atoms with Gasteiger partial charge in [0.15, 0.2) is 12.1 Å². The summed E-state index contributed by atoms with van der Waals surface area (Å²) in [5, 5.41) is 14.0. The van der Waals surface area contributed by atoms with Crippen molar-refractivity contribution in [3.8, 4) is 0 Å². The number of nitrogens with zero attached hydrogens (tertiary/aromatic N) is 3. The number of hydrogen-bond donors (Lipinski definition) is 4. The maximum absolute atomic E-state index is 14.8. The second-order valence-electron chi connectivity index (χ2n) is 11.1. The third-order valence-corrected chi connectivity index (χ3v) is 8.96. The first-order valence-corrected chi connectivity index (χ1v) is 14.0. The number of hydrogen-bond acceptors (Lipinski definition) is 8. The first-order valence-electron chi connectivity index (χ1n) is 12.5. The molecule has 0 amide bonds. The van der Waals surface area contributed by atoms with Crippen LogP contribution in [-0.4, -0.2) is 78.6 Å². The lowest BCUT2D eigenvalue weighted by molar-refractivity contribution is -0.0169. The Balaban J connectivity index is 1.37. The van der Waals surface area contributed by atoms with Crippen molar-refractivity contribution in [3.05, 3.63) is 34.9 Å². The minimum atomic E-state index is -0.309. The molecule has 0 aliphatic carbocycles. The first kappa shape index (κ1) is 26.7. The largest absolute Gasteiger partial charge is 0.368 e. The number of rotatable bonds is 6. The summed E-state index contributed by atoms with van der Waals surface area (Å²) < 4.78 is 17.1. The SMILES string of the molecule is CSN1CCN(c2ccc(NC3NCC(F)=C(NC4CC(C)(C)N(C)C(C)(C)C4)N3)cc2Cl)CC1. The molecule has 3 aliphatic heterocycles. The fourth-order valence-electron chi connectivity index (χ4n) is 5.57. The lowest BCUT2D eigenvalue weighted by Gasteiger charge is -2.54. The number of halogens is 2. The molecule has 0 aromatic heterocycles. The molecule has 3 heterocycles. The van der Waals surface area contributed by atoms with Gasteiger partial charge in [-0.1, -0.05) is 23.5 Å². The summed E-state index contributed by atoms with van der Waals surface area (Å²) in [5.74, 6) is 0.271. The van der Waals surface area contributed by atoms with Crippen LogP contribution in [0, 0.1) is 0 Å². The van der Waals surface area contributed by atoms with Crippen LogP contribution in [0.15, 0.2) is 29.8 Å². The molecule has 35 heavy (non-hydrogen) atoms. The molecular formula is C25H41ClFN7S. The van der Waals surface area contributed by atoms with Gasteiger partial charge in [0, 0.05) is 49.0 Å². The Morgan fingerprint density at radius 3 is 2.31 bits per heavy atom. The van der Waals surface area contributed by atoms with Gasteiger partial charge in [0.25, 0.3) is 0 Å². The minimum Gasteiger partial charge on any atom is -0.368 e. The zero-order valence-electron chi connectivity index (χ0n) is 21.8. The first-order chi connectivity index (χ1) is 16.5. The zero-order chi connectivity index (χ0) is 25.4. The molecule has 1 atom stereocenters. The van der Waals surface area contributed by atoms with Gasteiger partial charge >= 0.3 is 0 Å². The summed E-state index contributed by atoms with van der Waals surface area (Å²) in [6.45, 7) is 13.1. The van der Waals surface area contributed by atoms with Crippen molar-refractivity contribution in [2.75, 3.05) is 56.2 Å². The predicted molar refractivity (Wildman–Crippen MR) is 148 cm³/mol. The van der Waals surface area contributed by atoms with Crippen LogP contribution in [0.3, 0.4) is 0 Å². The van der Waals surface area contributed by atoms with Crippen LogP contribution in [-0.2, 0) is 0 Å².